The second-order valence-electron chi connectivity index (χ2n) is 3.87. The molecule has 1 unspecified atom stereocenters. The highest BCUT2D eigenvalue weighted by atomic mass is 32.1. The fraction of sp³-hybridized carbons (Fsp3) is 0.500. The van der Waals surface area contributed by atoms with Crippen molar-refractivity contribution in [3.63, 3.8) is 0 Å². The summed E-state index contributed by atoms with van der Waals surface area (Å²) in [6.45, 7) is 5.13. The van der Waals surface area contributed by atoms with E-state index in [0.717, 1.165) is 4.88 Å². The lowest BCUT2D eigenvalue weighted by Crippen LogP contribution is -2.42. The smallest absolute Gasteiger partial charge is 0.239 e. The third kappa shape index (κ3) is 3.84. The Hall–Kier alpha value is -1.38. The highest BCUT2D eigenvalue weighted by Crippen LogP contribution is 2.13. The Balaban J connectivity index is 2.45. The van der Waals surface area contributed by atoms with Crippen LogP contribution < -0.4 is 5.32 Å². The Kier molecular flexibility index (Phi) is 5.13. The minimum absolute atomic E-state index is 0.0876. The van der Waals surface area contributed by atoms with Gasteiger partial charge in [0, 0.05) is 30.4 Å². The number of nitrogens with zero attached hydrogens (tertiary/aromatic N) is 2. The number of hydrogen-bond acceptors (Lipinski definition) is 4. The van der Waals surface area contributed by atoms with Crippen LogP contribution in [0.2, 0.25) is 0 Å². The van der Waals surface area contributed by atoms with Crippen molar-refractivity contribution in [1.29, 1.82) is 5.26 Å². The molecule has 1 aromatic heterocycles. The van der Waals surface area contributed by atoms with Gasteiger partial charge < -0.3 is 10.2 Å². The summed E-state index contributed by atoms with van der Waals surface area (Å²) < 4.78 is 0. The third-order valence-electron chi connectivity index (χ3n) is 2.59. The molecule has 0 bridgehead atoms. The Morgan fingerprint density at radius 3 is 2.94 bits per heavy atom. The quantitative estimate of drug-likeness (QED) is 0.864. The zero-order valence-corrected chi connectivity index (χ0v) is 11.2. The molecule has 1 atom stereocenters. The monoisotopic (exact) mass is 251 g/mol. The summed E-state index contributed by atoms with van der Waals surface area (Å²) in [5.74, 6) is 0.0876. The van der Waals surface area contributed by atoms with Gasteiger partial charge in [-0.15, -0.1) is 11.3 Å². The summed E-state index contributed by atoms with van der Waals surface area (Å²) in [4.78, 5) is 14.5. The van der Waals surface area contributed by atoms with Crippen LogP contribution in [0.5, 0.6) is 0 Å². The number of carbonyl (C=O) groups excluding carboxylic acids is 1. The van der Waals surface area contributed by atoms with E-state index in [1.54, 1.807) is 11.9 Å². The molecular weight excluding hydrogens is 234 g/mol. The SMILES string of the molecule is CCN(C)C(=O)C(C)NCc1cc(C#N)cs1. The first-order valence-electron chi connectivity index (χ1n) is 5.54. The lowest BCUT2D eigenvalue weighted by Gasteiger charge is -2.20. The molecule has 0 aliphatic carbocycles. The topological polar surface area (TPSA) is 56.1 Å². The Labute approximate surface area is 106 Å². The van der Waals surface area contributed by atoms with E-state index >= 15 is 0 Å². The molecule has 1 aromatic rings. The molecular formula is C12H17N3OS. The molecule has 92 valence electrons. The van der Waals surface area contributed by atoms with Gasteiger partial charge in [0.15, 0.2) is 0 Å². The Morgan fingerprint density at radius 2 is 2.41 bits per heavy atom. The van der Waals surface area contributed by atoms with Crippen LogP contribution in [0.1, 0.15) is 24.3 Å². The second kappa shape index (κ2) is 6.38. The number of rotatable bonds is 5. The van der Waals surface area contributed by atoms with Gasteiger partial charge in [-0.3, -0.25) is 4.79 Å². The molecule has 0 aromatic carbocycles. The molecule has 1 N–H and O–H groups in total. The molecule has 17 heavy (non-hydrogen) atoms. The first-order valence-corrected chi connectivity index (χ1v) is 6.42. The summed E-state index contributed by atoms with van der Waals surface area (Å²) >= 11 is 1.53. The van der Waals surface area contributed by atoms with Gasteiger partial charge in [-0.25, -0.2) is 0 Å². The zero-order valence-electron chi connectivity index (χ0n) is 10.4. The molecule has 0 radical (unpaired) electrons. The van der Waals surface area contributed by atoms with Crippen molar-refractivity contribution in [3.05, 3.63) is 21.9 Å². The van der Waals surface area contributed by atoms with Crippen molar-refractivity contribution in [3.8, 4) is 6.07 Å². The van der Waals surface area contributed by atoms with Gasteiger partial charge in [0.25, 0.3) is 0 Å². The average molecular weight is 251 g/mol. The number of nitriles is 1. The first-order chi connectivity index (χ1) is 8.08. The van der Waals surface area contributed by atoms with Crippen LogP contribution in [0, 0.1) is 11.3 Å². The minimum atomic E-state index is -0.201. The Bertz CT molecular complexity index is 422. The number of amides is 1. The van der Waals surface area contributed by atoms with Crippen molar-refractivity contribution < 1.29 is 4.79 Å². The van der Waals surface area contributed by atoms with Crippen LogP contribution >= 0.6 is 11.3 Å². The van der Waals surface area contributed by atoms with Crippen molar-refractivity contribution in [2.75, 3.05) is 13.6 Å². The van der Waals surface area contributed by atoms with E-state index in [-0.39, 0.29) is 11.9 Å². The molecule has 1 rings (SSSR count). The predicted octanol–water partition coefficient (Wildman–Crippen LogP) is 1.58. The fourth-order valence-corrected chi connectivity index (χ4v) is 2.12. The van der Waals surface area contributed by atoms with Gasteiger partial charge in [-0.1, -0.05) is 0 Å². The zero-order chi connectivity index (χ0) is 12.8. The Morgan fingerprint density at radius 1 is 1.71 bits per heavy atom. The number of thiophene rings is 1. The van der Waals surface area contributed by atoms with Gasteiger partial charge in [0.1, 0.15) is 6.07 Å². The van der Waals surface area contributed by atoms with Crippen molar-refractivity contribution in [1.82, 2.24) is 10.2 Å². The summed E-state index contributed by atoms with van der Waals surface area (Å²) in [6, 6.07) is 3.74. The standard InChI is InChI=1S/C12H17N3OS/c1-4-15(3)12(16)9(2)14-7-11-5-10(6-13)8-17-11/h5,8-9,14H,4,7H2,1-3H3. The van der Waals surface area contributed by atoms with Gasteiger partial charge in [-0.05, 0) is 19.9 Å². The lowest BCUT2D eigenvalue weighted by molar-refractivity contribution is -0.131. The van der Waals surface area contributed by atoms with Crippen molar-refractivity contribution >= 4 is 17.2 Å². The molecule has 0 spiro atoms. The maximum Gasteiger partial charge on any atom is 0.239 e. The van der Waals surface area contributed by atoms with E-state index in [2.05, 4.69) is 11.4 Å². The summed E-state index contributed by atoms with van der Waals surface area (Å²) in [6.07, 6.45) is 0. The fourth-order valence-electron chi connectivity index (χ4n) is 1.36. The van der Waals surface area contributed by atoms with Gasteiger partial charge in [-0.2, -0.15) is 5.26 Å². The number of carbonyl (C=O) groups is 1. The van der Waals surface area contributed by atoms with Gasteiger partial charge in [0.05, 0.1) is 11.6 Å². The highest BCUT2D eigenvalue weighted by Gasteiger charge is 2.15. The van der Waals surface area contributed by atoms with Crippen LogP contribution in [-0.4, -0.2) is 30.4 Å². The van der Waals surface area contributed by atoms with Gasteiger partial charge in [0.2, 0.25) is 5.91 Å². The molecule has 0 fully saturated rings. The highest BCUT2D eigenvalue weighted by molar-refractivity contribution is 7.10. The number of likely N-dealkylation sites (N-methyl/N-ethyl adjacent to an activating group) is 1. The van der Waals surface area contributed by atoms with E-state index in [4.69, 9.17) is 5.26 Å². The van der Waals surface area contributed by atoms with Gasteiger partial charge >= 0.3 is 0 Å². The first kappa shape index (κ1) is 13.7. The maximum absolute atomic E-state index is 11.8. The summed E-state index contributed by atoms with van der Waals surface area (Å²) in [5, 5.41) is 13.7. The van der Waals surface area contributed by atoms with Crippen molar-refractivity contribution in [2.45, 2.75) is 26.4 Å². The van der Waals surface area contributed by atoms with Crippen LogP contribution in [0.15, 0.2) is 11.4 Å². The van der Waals surface area contributed by atoms with Crippen LogP contribution in [0.25, 0.3) is 0 Å². The number of nitrogens with one attached hydrogen (secondary N) is 1. The molecule has 4 nitrogen and oxygen atoms in total. The lowest BCUT2D eigenvalue weighted by atomic mass is 10.2. The van der Waals surface area contributed by atoms with Crippen LogP contribution in [0.4, 0.5) is 0 Å². The second-order valence-corrected chi connectivity index (χ2v) is 4.86. The third-order valence-corrected chi connectivity index (χ3v) is 3.52. The average Bonchev–Trinajstić information content (AvgIpc) is 2.81. The number of hydrogen-bond donors (Lipinski definition) is 1. The molecule has 0 saturated carbocycles. The van der Waals surface area contributed by atoms with Crippen molar-refractivity contribution in [2.24, 2.45) is 0 Å². The minimum Gasteiger partial charge on any atom is -0.345 e. The van der Waals surface area contributed by atoms with Crippen LogP contribution in [0.3, 0.4) is 0 Å². The maximum atomic E-state index is 11.8. The van der Waals surface area contributed by atoms with E-state index in [1.807, 2.05) is 25.3 Å². The summed E-state index contributed by atoms with van der Waals surface area (Å²) in [7, 11) is 1.79. The van der Waals surface area contributed by atoms with E-state index in [0.29, 0.717) is 18.7 Å². The molecule has 0 saturated heterocycles. The van der Waals surface area contributed by atoms with Crippen LogP contribution in [-0.2, 0) is 11.3 Å². The molecule has 1 amide bonds. The molecule has 1 heterocycles. The molecule has 5 heteroatoms. The van der Waals surface area contributed by atoms with E-state index < -0.39 is 0 Å². The van der Waals surface area contributed by atoms with E-state index in [9.17, 15) is 4.79 Å². The van der Waals surface area contributed by atoms with E-state index in [1.165, 1.54) is 11.3 Å². The normalized spacial score (nSPS) is 11.9. The summed E-state index contributed by atoms with van der Waals surface area (Å²) in [5.41, 5.74) is 0.677. The molecule has 0 aliphatic heterocycles. The predicted molar refractivity (Wildman–Crippen MR) is 68.6 cm³/mol. The molecule has 0 aliphatic rings. The largest absolute Gasteiger partial charge is 0.345 e.